The molecule has 0 N–H and O–H groups in total. The van der Waals surface area contributed by atoms with Crippen molar-refractivity contribution < 1.29 is 0 Å². The van der Waals surface area contributed by atoms with E-state index in [0.29, 0.717) is 0 Å². The number of nitrogens with zero attached hydrogens (tertiary/aromatic N) is 1. The molecule has 0 fully saturated rings. The zero-order valence-electron chi connectivity index (χ0n) is 7.76. The van der Waals surface area contributed by atoms with Crippen molar-refractivity contribution >= 4 is 11.4 Å². The fraction of sp³-hybridized carbons (Fsp3) is 0.364. The largest absolute Gasteiger partial charge is 0.252 e. The molecule has 0 unspecified atom stereocenters. The summed E-state index contributed by atoms with van der Waals surface area (Å²) < 4.78 is 0. The van der Waals surface area contributed by atoms with E-state index in [1.54, 1.807) is 0 Å². The van der Waals surface area contributed by atoms with Gasteiger partial charge in [-0.2, -0.15) is 0 Å². The highest BCUT2D eigenvalue weighted by Gasteiger charge is 2.28. The molecule has 1 aromatic carbocycles. The lowest BCUT2D eigenvalue weighted by atomic mass is 9.82. The zero-order chi connectivity index (χ0) is 8.77. The summed E-state index contributed by atoms with van der Waals surface area (Å²) in [5.41, 5.74) is 3.89. The van der Waals surface area contributed by atoms with E-state index in [1.165, 1.54) is 11.3 Å². The van der Waals surface area contributed by atoms with Crippen LogP contribution in [0.25, 0.3) is 0 Å². The van der Waals surface area contributed by atoms with Crippen LogP contribution >= 0.6 is 0 Å². The van der Waals surface area contributed by atoms with Crippen molar-refractivity contribution in [3.8, 4) is 0 Å². The van der Waals surface area contributed by atoms with Crippen molar-refractivity contribution in [2.45, 2.75) is 20.8 Å². The van der Waals surface area contributed by atoms with Crippen LogP contribution in [-0.2, 0) is 0 Å². The van der Waals surface area contributed by atoms with E-state index in [2.05, 4.69) is 44.0 Å². The first-order chi connectivity index (χ1) is 5.59. The summed E-state index contributed by atoms with van der Waals surface area (Å²) in [5.74, 6) is 0. The van der Waals surface area contributed by atoms with Crippen molar-refractivity contribution in [2.75, 3.05) is 0 Å². The van der Waals surface area contributed by atoms with Gasteiger partial charge in [-0.05, 0) is 6.07 Å². The number of benzene rings is 1. The second kappa shape index (κ2) is 2.19. The SMILES string of the molecule is CC(C)(C)C1=Nc2ccccc21. The first-order valence-corrected chi connectivity index (χ1v) is 4.27. The Labute approximate surface area is 73.1 Å². The average Bonchev–Trinajstić information content (AvgIpc) is 1.88. The molecule has 1 heterocycles. The van der Waals surface area contributed by atoms with Gasteiger partial charge in [-0.25, -0.2) is 0 Å². The van der Waals surface area contributed by atoms with Crippen LogP contribution in [0.15, 0.2) is 29.3 Å². The highest BCUT2D eigenvalue weighted by Crippen LogP contribution is 2.37. The average molecular weight is 159 g/mol. The molecule has 1 heteroatoms. The highest BCUT2D eigenvalue weighted by molar-refractivity contribution is 6.14. The van der Waals surface area contributed by atoms with Gasteiger partial charge in [0, 0.05) is 11.0 Å². The first-order valence-electron chi connectivity index (χ1n) is 4.27. The highest BCUT2D eigenvalue weighted by atomic mass is 14.8. The molecule has 0 saturated carbocycles. The fourth-order valence-electron chi connectivity index (χ4n) is 1.47. The Balaban J connectivity index is 2.40. The predicted molar refractivity (Wildman–Crippen MR) is 52.1 cm³/mol. The number of hydrogen-bond acceptors (Lipinski definition) is 1. The van der Waals surface area contributed by atoms with Crippen molar-refractivity contribution in [1.29, 1.82) is 0 Å². The maximum absolute atomic E-state index is 4.47. The standard InChI is InChI=1S/C11H13N/c1-11(2,3)10-8-6-4-5-7-9(8)12-10/h4-7H,1-3H3. The molecule has 0 spiro atoms. The summed E-state index contributed by atoms with van der Waals surface area (Å²) in [6.07, 6.45) is 0. The minimum absolute atomic E-state index is 0.189. The van der Waals surface area contributed by atoms with E-state index in [0.717, 1.165) is 5.69 Å². The maximum Gasteiger partial charge on any atom is 0.0724 e. The lowest BCUT2D eigenvalue weighted by Crippen LogP contribution is -2.25. The van der Waals surface area contributed by atoms with Gasteiger partial charge in [-0.1, -0.05) is 39.0 Å². The van der Waals surface area contributed by atoms with Crippen LogP contribution in [0.1, 0.15) is 26.3 Å². The van der Waals surface area contributed by atoms with Crippen molar-refractivity contribution in [3.63, 3.8) is 0 Å². The zero-order valence-corrected chi connectivity index (χ0v) is 7.76. The molecule has 0 aliphatic carbocycles. The van der Waals surface area contributed by atoms with Crippen LogP contribution in [0.5, 0.6) is 0 Å². The van der Waals surface area contributed by atoms with Gasteiger partial charge in [0.25, 0.3) is 0 Å². The maximum atomic E-state index is 4.47. The third kappa shape index (κ3) is 0.970. The molecule has 1 nitrogen and oxygen atoms in total. The molecule has 0 amide bonds. The van der Waals surface area contributed by atoms with E-state index in [1.807, 2.05) is 6.07 Å². The molecule has 0 radical (unpaired) electrons. The molecule has 0 aromatic heterocycles. The Morgan fingerprint density at radius 2 is 1.75 bits per heavy atom. The normalized spacial score (nSPS) is 14.8. The van der Waals surface area contributed by atoms with E-state index in [-0.39, 0.29) is 5.41 Å². The van der Waals surface area contributed by atoms with E-state index >= 15 is 0 Å². The Kier molecular flexibility index (Phi) is 1.38. The number of fused-ring (bicyclic) bond motifs is 1. The van der Waals surface area contributed by atoms with Crippen LogP contribution in [0.3, 0.4) is 0 Å². The Morgan fingerprint density at radius 1 is 1.08 bits per heavy atom. The quantitative estimate of drug-likeness (QED) is 0.551. The number of aliphatic imine (C=N–C) groups is 1. The van der Waals surface area contributed by atoms with Gasteiger partial charge in [0.15, 0.2) is 0 Å². The summed E-state index contributed by atoms with van der Waals surface area (Å²) in [6.45, 7) is 6.59. The second-order valence-corrected chi connectivity index (χ2v) is 4.23. The molecule has 1 aliphatic heterocycles. The predicted octanol–water partition coefficient (Wildman–Crippen LogP) is 3.17. The third-order valence-corrected chi connectivity index (χ3v) is 2.10. The molecule has 2 rings (SSSR count). The summed E-state index contributed by atoms with van der Waals surface area (Å²) in [4.78, 5) is 4.47. The molecule has 1 aliphatic rings. The molecule has 12 heavy (non-hydrogen) atoms. The van der Waals surface area contributed by atoms with Gasteiger partial charge in [-0.15, -0.1) is 0 Å². The van der Waals surface area contributed by atoms with Gasteiger partial charge in [0.2, 0.25) is 0 Å². The smallest absolute Gasteiger partial charge is 0.0724 e. The molecule has 0 saturated heterocycles. The summed E-state index contributed by atoms with van der Waals surface area (Å²) in [7, 11) is 0. The van der Waals surface area contributed by atoms with E-state index in [4.69, 9.17) is 0 Å². The van der Waals surface area contributed by atoms with Crippen LogP contribution in [0.2, 0.25) is 0 Å². The number of rotatable bonds is 0. The summed E-state index contributed by atoms with van der Waals surface area (Å²) >= 11 is 0. The van der Waals surface area contributed by atoms with Crippen molar-refractivity contribution in [1.82, 2.24) is 0 Å². The Hall–Kier alpha value is -1.11. The van der Waals surface area contributed by atoms with Crippen molar-refractivity contribution in [3.05, 3.63) is 29.8 Å². The lowest BCUT2D eigenvalue weighted by molar-refractivity contribution is 0.588. The molecule has 0 atom stereocenters. The van der Waals surface area contributed by atoms with Crippen LogP contribution in [0.4, 0.5) is 5.69 Å². The topological polar surface area (TPSA) is 12.4 Å². The minimum Gasteiger partial charge on any atom is -0.252 e. The third-order valence-electron chi connectivity index (χ3n) is 2.10. The monoisotopic (exact) mass is 159 g/mol. The molecule has 62 valence electrons. The molecular formula is C11H13N. The van der Waals surface area contributed by atoms with Crippen LogP contribution in [0, 0.1) is 5.41 Å². The molecule has 0 bridgehead atoms. The van der Waals surface area contributed by atoms with Crippen molar-refractivity contribution in [2.24, 2.45) is 10.4 Å². The number of hydrogen-bond donors (Lipinski definition) is 0. The van der Waals surface area contributed by atoms with Gasteiger partial charge in [0.05, 0.1) is 11.4 Å². The first kappa shape index (κ1) is 7.53. The summed E-state index contributed by atoms with van der Waals surface area (Å²) in [6, 6.07) is 8.30. The second-order valence-electron chi connectivity index (χ2n) is 4.23. The van der Waals surface area contributed by atoms with Crippen LogP contribution in [-0.4, -0.2) is 5.71 Å². The summed E-state index contributed by atoms with van der Waals surface area (Å²) in [5, 5.41) is 0. The van der Waals surface area contributed by atoms with E-state index in [9.17, 15) is 0 Å². The van der Waals surface area contributed by atoms with Gasteiger partial charge in [0.1, 0.15) is 0 Å². The van der Waals surface area contributed by atoms with Gasteiger partial charge in [-0.3, -0.25) is 4.99 Å². The fourth-order valence-corrected chi connectivity index (χ4v) is 1.47. The lowest BCUT2D eigenvalue weighted by Gasteiger charge is -2.28. The Morgan fingerprint density at radius 3 is 2.33 bits per heavy atom. The Bertz CT molecular complexity index is 342. The molecular weight excluding hydrogens is 146 g/mol. The van der Waals surface area contributed by atoms with Gasteiger partial charge < -0.3 is 0 Å². The number of para-hydroxylation sites is 1. The van der Waals surface area contributed by atoms with Crippen LogP contribution < -0.4 is 0 Å². The minimum atomic E-state index is 0.189. The van der Waals surface area contributed by atoms with E-state index < -0.39 is 0 Å². The van der Waals surface area contributed by atoms with Gasteiger partial charge >= 0.3 is 0 Å². The molecule has 1 aromatic rings.